The first-order valence-corrected chi connectivity index (χ1v) is 6.41. The second-order valence-corrected chi connectivity index (χ2v) is 4.57. The van der Waals surface area contributed by atoms with E-state index in [1.54, 1.807) is 7.11 Å². The summed E-state index contributed by atoms with van der Waals surface area (Å²) in [5.41, 5.74) is 2.95. The third kappa shape index (κ3) is 5.25. The summed E-state index contributed by atoms with van der Waals surface area (Å²) in [4.78, 5) is 0. The van der Waals surface area contributed by atoms with Gasteiger partial charge < -0.3 is 9.47 Å². The Morgan fingerprint density at radius 3 is 2.56 bits per heavy atom. The van der Waals surface area contributed by atoms with Gasteiger partial charge >= 0.3 is 0 Å². The molecule has 16 heavy (non-hydrogen) atoms. The number of hydrogen-bond acceptors (Lipinski definition) is 4. The molecule has 0 heterocycles. The number of methoxy groups -OCH3 is 1. The Labute approximate surface area is 98.8 Å². The zero-order valence-electron chi connectivity index (χ0n) is 10.4. The highest BCUT2D eigenvalue weighted by atomic mass is 16.5. The number of hydrogen-bond donors (Lipinski definition) is 2. The summed E-state index contributed by atoms with van der Waals surface area (Å²) in [6.07, 6.45) is 7.73. The van der Waals surface area contributed by atoms with Crippen LogP contribution < -0.4 is 11.3 Å². The molecule has 1 saturated carbocycles. The minimum absolute atomic E-state index is 0.419. The summed E-state index contributed by atoms with van der Waals surface area (Å²) in [6, 6.07) is 0.419. The van der Waals surface area contributed by atoms with E-state index < -0.39 is 0 Å². The first-order valence-electron chi connectivity index (χ1n) is 6.41. The van der Waals surface area contributed by atoms with Crippen molar-refractivity contribution in [2.24, 2.45) is 11.8 Å². The van der Waals surface area contributed by atoms with E-state index in [-0.39, 0.29) is 0 Å². The molecule has 0 aromatic carbocycles. The Morgan fingerprint density at radius 1 is 1.19 bits per heavy atom. The van der Waals surface area contributed by atoms with Gasteiger partial charge in [0, 0.05) is 19.8 Å². The van der Waals surface area contributed by atoms with Gasteiger partial charge in [0.2, 0.25) is 0 Å². The van der Waals surface area contributed by atoms with E-state index in [9.17, 15) is 0 Å². The lowest BCUT2D eigenvalue weighted by Gasteiger charge is -2.29. The molecule has 3 N–H and O–H groups in total. The molecule has 0 bridgehead atoms. The molecule has 1 fully saturated rings. The third-order valence-corrected chi connectivity index (χ3v) is 3.44. The first kappa shape index (κ1) is 13.9. The van der Waals surface area contributed by atoms with E-state index in [4.69, 9.17) is 15.3 Å². The van der Waals surface area contributed by atoms with Crippen LogP contribution in [-0.2, 0) is 9.47 Å². The quantitative estimate of drug-likeness (QED) is 0.376. The van der Waals surface area contributed by atoms with Gasteiger partial charge in [0.25, 0.3) is 0 Å². The second kappa shape index (κ2) is 8.93. The van der Waals surface area contributed by atoms with Crippen molar-refractivity contribution in [2.75, 3.05) is 26.9 Å². The molecule has 96 valence electrons. The van der Waals surface area contributed by atoms with Crippen LogP contribution in [0.15, 0.2) is 0 Å². The van der Waals surface area contributed by atoms with Crippen LogP contribution in [0.2, 0.25) is 0 Å². The van der Waals surface area contributed by atoms with Crippen LogP contribution in [0.4, 0.5) is 0 Å². The summed E-state index contributed by atoms with van der Waals surface area (Å²) in [5, 5.41) is 0. The third-order valence-electron chi connectivity index (χ3n) is 3.44. The average Bonchev–Trinajstić information content (AvgIpc) is 2.35. The van der Waals surface area contributed by atoms with E-state index in [2.05, 4.69) is 5.43 Å². The Morgan fingerprint density at radius 2 is 1.94 bits per heavy atom. The highest BCUT2D eigenvalue weighted by Crippen LogP contribution is 2.27. The van der Waals surface area contributed by atoms with Gasteiger partial charge in [-0.1, -0.05) is 19.3 Å². The van der Waals surface area contributed by atoms with Crippen LogP contribution in [0.1, 0.15) is 38.5 Å². The normalized spacial score (nSPS) is 19.9. The number of ether oxygens (including phenoxy) is 2. The van der Waals surface area contributed by atoms with Gasteiger partial charge in [-0.25, -0.2) is 0 Å². The molecule has 0 aliphatic heterocycles. The van der Waals surface area contributed by atoms with E-state index >= 15 is 0 Å². The maximum Gasteiger partial charge on any atom is 0.0700 e. The average molecular weight is 230 g/mol. The lowest BCUT2D eigenvalue weighted by Crippen LogP contribution is -2.42. The van der Waals surface area contributed by atoms with Crippen molar-refractivity contribution < 1.29 is 9.47 Å². The first-order chi connectivity index (χ1) is 7.88. The summed E-state index contributed by atoms with van der Waals surface area (Å²) in [5.74, 6) is 6.35. The smallest absolute Gasteiger partial charge is 0.0700 e. The summed E-state index contributed by atoms with van der Waals surface area (Å²) >= 11 is 0. The molecule has 1 atom stereocenters. The minimum Gasteiger partial charge on any atom is -0.382 e. The van der Waals surface area contributed by atoms with Crippen molar-refractivity contribution in [3.63, 3.8) is 0 Å². The van der Waals surface area contributed by atoms with Crippen molar-refractivity contribution in [2.45, 2.75) is 44.6 Å². The molecule has 1 aliphatic carbocycles. The molecular weight excluding hydrogens is 204 g/mol. The van der Waals surface area contributed by atoms with Crippen LogP contribution in [0, 0.1) is 5.92 Å². The van der Waals surface area contributed by atoms with Crippen molar-refractivity contribution in [3.05, 3.63) is 0 Å². The molecule has 0 aromatic heterocycles. The van der Waals surface area contributed by atoms with Gasteiger partial charge in [-0.3, -0.25) is 11.3 Å². The number of rotatable bonds is 8. The lowest BCUT2D eigenvalue weighted by molar-refractivity contribution is 0.0613. The molecule has 0 aromatic rings. The predicted octanol–water partition coefficient (Wildman–Crippen LogP) is 1.45. The van der Waals surface area contributed by atoms with Crippen molar-refractivity contribution in [1.29, 1.82) is 0 Å². The summed E-state index contributed by atoms with van der Waals surface area (Å²) in [6.45, 7) is 2.12. The van der Waals surface area contributed by atoms with Crippen molar-refractivity contribution >= 4 is 0 Å². The lowest BCUT2D eigenvalue weighted by atomic mass is 9.83. The van der Waals surface area contributed by atoms with Gasteiger partial charge in [0.05, 0.1) is 13.2 Å². The standard InChI is InChI=1S/C12H26N2O2/c1-15-9-10-16-8-7-12(14-13)11-5-3-2-4-6-11/h11-12,14H,2-10,13H2,1H3. The SMILES string of the molecule is COCCOCCC(NN)C1CCCCC1. The van der Waals surface area contributed by atoms with Crippen LogP contribution in [0.25, 0.3) is 0 Å². The fourth-order valence-corrected chi connectivity index (χ4v) is 2.45. The van der Waals surface area contributed by atoms with E-state index in [0.717, 1.165) is 18.9 Å². The van der Waals surface area contributed by atoms with Gasteiger partial charge in [-0.05, 0) is 25.2 Å². The van der Waals surface area contributed by atoms with E-state index in [0.29, 0.717) is 19.3 Å². The fourth-order valence-electron chi connectivity index (χ4n) is 2.45. The second-order valence-electron chi connectivity index (χ2n) is 4.57. The zero-order valence-corrected chi connectivity index (χ0v) is 10.4. The van der Waals surface area contributed by atoms with Crippen LogP contribution in [0.3, 0.4) is 0 Å². The predicted molar refractivity (Wildman–Crippen MR) is 65.0 cm³/mol. The van der Waals surface area contributed by atoms with Crippen molar-refractivity contribution in [3.8, 4) is 0 Å². The van der Waals surface area contributed by atoms with E-state index in [1.807, 2.05) is 0 Å². The van der Waals surface area contributed by atoms with Gasteiger partial charge in [-0.2, -0.15) is 0 Å². The molecule has 4 heteroatoms. The van der Waals surface area contributed by atoms with Crippen LogP contribution in [0.5, 0.6) is 0 Å². The molecule has 0 saturated heterocycles. The van der Waals surface area contributed by atoms with Crippen molar-refractivity contribution in [1.82, 2.24) is 5.43 Å². The van der Waals surface area contributed by atoms with Crippen LogP contribution in [-0.4, -0.2) is 33.0 Å². The Hall–Kier alpha value is -0.160. The number of hydrazine groups is 1. The summed E-state index contributed by atoms with van der Waals surface area (Å²) < 4.78 is 10.4. The Bertz CT molecular complexity index is 161. The molecule has 0 amide bonds. The fraction of sp³-hybridized carbons (Fsp3) is 1.00. The molecule has 1 unspecified atom stereocenters. The van der Waals surface area contributed by atoms with Gasteiger partial charge in [-0.15, -0.1) is 0 Å². The monoisotopic (exact) mass is 230 g/mol. The molecule has 0 radical (unpaired) electrons. The molecule has 1 rings (SSSR count). The number of nitrogens with two attached hydrogens (primary N) is 1. The Kier molecular flexibility index (Phi) is 7.76. The Balaban J connectivity index is 2.10. The maximum atomic E-state index is 5.61. The van der Waals surface area contributed by atoms with E-state index in [1.165, 1.54) is 32.1 Å². The highest BCUT2D eigenvalue weighted by Gasteiger charge is 2.22. The largest absolute Gasteiger partial charge is 0.382 e. The minimum atomic E-state index is 0.419. The molecule has 4 nitrogen and oxygen atoms in total. The highest BCUT2D eigenvalue weighted by molar-refractivity contribution is 4.77. The van der Waals surface area contributed by atoms with Crippen LogP contribution >= 0.6 is 0 Å². The van der Waals surface area contributed by atoms with Gasteiger partial charge in [0.1, 0.15) is 0 Å². The molecule has 1 aliphatic rings. The summed E-state index contributed by atoms with van der Waals surface area (Å²) in [7, 11) is 1.69. The molecular formula is C12H26N2O2. The number of nitrogens with one attached hydrogen (secondary N) is 1. The zero-order chi connectivity index (χ0) is 11.6. The molecule has 0 spiro atoms. The maximum absolute atomic E-state index is 5.61. The topological polar surface area (TPSA) is 56.5 Å². The van der Waals surface area contributed by atoms with Gasteiger partial charge in [0.15, 0.2) is 0 Å².